The van der Waals surface area contributed by atoms with Crippen molar-refractivity contribution in [2.24, 2.45) is 0 Å². The summed E-state index contributed by atoms with van der Waals surface area (Å²) < 4.78 is 5.02. The van der Waals surface area contributed by atoms with Crippen LogP contribution in [0.15, 0.2) is 12.7 Å². The van der Waals surface area contributed by atoms with Gasteiger partial charge in [-0.15, -0.1) is 6.58 Å². The summed E-state index contributed by atoms with van der Waals surface area (Å²) in [5, 5.41) is 11.3. The molecule has 0 bridgehead atoms. The summed E-state index contributed by atoms with van der Waals surface area (Å²) in [5.41, 5.74) is -0.629. The van der Waals surface area contributed by atoms with Crippen molar-refractivity contribution in [3.8, 4) is 0 Å². The number of alkyl carbamates (subject to hydrolysis) is 1. The Balaban J connectivity index is 4.15. The number of allylic oxidation sites excluding steroid dienone is 1. The molecule has 0 radical (unpaired) electrons. The number of hydrogen-bond acceptors (Lipinski definition) is 3. The maximum atomic E-state index is 11.4. The first kappa shape index (κ1) is 16.5. The lowest BCUT2D eigenvalue weighted by atomic mass is 10.1. The maximum absolute atomic E-state index is 11.4. The average molecular weight is 257 g/mol. The molecule has 0 aromatic rings. The summed E-state index contributed by atoms with van der Waals surface area (Å²) >= 11 is 0. The number of carboxylic acid groups (broad SMARTS) is 1. The van der Waals surface area contributed by atoms with Crippen LogP contribution in [0, 0.1) is 0 Å². The first-order chi connectivity index (χ1) is 8.26. The number of nitrogens with one attached hydrogen (secondary N) is 1. The topological polar surface area (TPSA) is 75.6 Å². The predicted molar refractivity (Wildman–Crippen MR) is 69.5 cm³/mol. The van der Waals surface area contributed by atoms with Gasteiger partial charge in [0.1, 0.15) is 11.6 Å². The highest BCUT2D eigenvalue weighted by molar-refractivity contribution is 5.79. The molecule has 18 heavy (non-hydrogen) atoms. The van der Waals surface area contributed by atoms with Gasteiger partial charge in [0, 0.05) is 0 Å². The SMILES string of the molecule is C=CCCCCC(NC(=O)OC(C)(C)C)C(=O)O. The van der Waals surface area contributed by atoms with Crippen LogP contribution in [0.5, 0.6) is 0 Å². The molecule has 2 N–H and O–H groups in total. The zero-order chi connectivity index (χ0) is 14.2. The van der Waals surface area contributed by atoms with Gasteiger partial charge in [0.05, 0.1) is 0 Å². The smallest absolute Gasteiger partial charge is 0.408 e. The zero-order valence-corrected chi connectivity index (χ0v) is 11.4. The van der Waals surface area contributed by atoms with Gasteiger partial charge in [-0.05, 0) is 40.0 Å². The van der Waals surface area contributed by atoms with Gasteiger partial charge < -0.3 is 15.2 Å². The summed E-state index contributed by atoms with van der Waals surface area (Å²) in [6.07, 6.45) is 3.92. The lowest BCUT2D eigenvalue weighted by molar-refractivity contribution is -0.139. The lowest BCUT2D eigenvalue weighted by Crippen LogP contribution is -2.43. The third kappa shape index (κ3) is 8.61. The van der Waals surface area contributed by atoms with Gasteiger partial charge in [0.2, 0.25) is 0 Å². The minimum atomic E-state index is -1.04. The number of ether oxygens (including phenoxy) is 1. The van der Waals surface area contributed by atoms with E-state index in [1.807, 2.05) is 0 Å². The standard InChI is InChI=1S/C13H23NO4/c1-5-6-7-8-9-10(11(15)16)14-12(17)18-13(2,3)4/h5,10H,1,6-9H2,2-4H3,(H,14,17)(H,15,16). The molecule has 0 rings (SSSR count). The average Bonchev–Trinajstić information content (AvgIpc) is 2.19. The van der Waals surface area contributed by atoms with E-state index in [1.54, 1.807) is 26.8 Å². The van der Waals surface area contributed by atoms with Gasteiger partial charge in [-0.25, -0.2) is 9.59 Å². The van der Waals surface area contributed by atoms with Gasteiger partial charge in [-0.3, -0.25) is 0 Å². The molecule has 0 heterocycles. The molecule has 0 saturated heterocycles. The molecule has 0 aliphatic rings. The van der Waals surface area contributed by atoms with Gasteiger partial charge in [-0.2, -0.15) is 0 Å². The first-order valence-electron chi connectivity index (χ1n) is 6.09. The molecule has 5 heteroatoms. The summed E-state index contributed by atoms with van der Waals surface area (Å²) in [6, 6.07) is -0.898. The van der Waals surface area contributed by atoms with Crippen LogP contribution in [-0.2, 0) is 9.53 Å². The molecular weight excluding hydrogens is 234 g/mol. The van der Waals surface area contributed by atoms with Crippen molar-refractivity contribution in [1.29, 1.82) is 0 Å². The summed E-state index contributed by atoms with van der Waals surface area (Å²) in [7, 11) is 0. The third-order valence-corrected chi connectivity index (χ3v) is 2.14. The highest BCUT2D eigenvalue weighted by Crippen LogP contribution is 2.09. The van der Waals surface area contributed by atoms with Crippen LogP contribution >= 0.6 is 0 Å². The number of unbranched alkanes of at least 4 members (excludes halogenated alkanes) is 2. The van der Waals surface area contributed by atoms with Crippen LogP contribution < -0.4 is 5.32 Å². The first-order valence-corrected chi connectivity index (χ1v) is 6.09. The molecule has 104 valence electrons. The molecule has 0 aromatic carbocycles. The second kappa shape index (κ2) is 7.74. The second-order valence-corrected chi connectivity index (χ2v) is 5.11. The molecule has 0 spiro atoms. The quantitative estimate of drug-likeness (QED) is 0.543. The largest absolute Gasteiger partial charge is 0.480 e. The fourth-order valence-electron chi connectivity index (χ4n) is 1.34. The Morgan fingerprint density at radius 1 is 1.39 bits per heavy atom. The van der Waals surface area contributed by atoms with E-state index in [9.17, 15) is 9.59 Å². The van der Waals surface area contributed by atoms with Crippen molar-refractivity contribution in [2.75, 3.05) is 0 Å². The lowest BCUT2D eigenvalue weighted by Gasteiger charge is -2.21. The van der Waals surface area contributed by atoms with Crippen molar-refractivity contribution in [2.45, 2.75) is 58.1 Å². The molecule has 1 unspecified atom stereocenters. The highest BCUT2D eigenvalue weighted by Gasteiger charge is 2.23. The van der Waals surface area contributed by atoms with E-state index >= 15 is 0 Å². The Bertz CT molecular complexity index is 294. The van der Waals surface area contributed by atoms with Crippen molar-refractivity contribution < 1.29 is 19.4 Å². The molecule has 0 fully saturated rings. The number of rotatable bonds is 7. The van der Waals surface area contributed by atoms with Gasteiger partial charge in [-0.1, -0.05) is 12.5 Å². The van der Waals surface area contributed by atoms with E-state index in [0.29, 0.717) is 6.42 Å². The van der Waals surface area contributed by atoms with Crippen molar-refractivity contribution >= 4 is 12.1 Å². The molecule has 0 aliphatic carbocycles. The van der Waals surface area contributed by atoms with E-state index in [1.165, 1.54) is 0 Å². The van der Waals surface area contributed by atoms with Crippen LogP contribution in [-0.4, -0.2) is 28.8 Å². The number of carbonyl (C=O) groups is 2. The van der Waals surface area contributed by atoms with Crippen LogP contribution in [0.1, 0.15) is 46.5 Å². The number of hydrogen-bond donors (Lipinski definition) is 2. The molecule has 0 aliphatic heterocycles. The van der Waals surface area contributed by atoms with Crippen molar-refractivity contribution in [3.63, 3.8) is 0 Å². The Morgan fingerprint density at radius 2 is 2.00 bits per heavy atom. The van der Waals surface area contributed by atoms with E-state index in [2.05, 4.69) is 11.9 Å². The van der Waals surface area contributed by atoms with E-state index in [0.717, 1.165) is 19.3 Å². The van der Waals surface area contributed by atoms with Crippen LogP contribution in [0.25, 0.3) is 0 Å². The maximum Gasteiger partial charge on any atom is 0.408 e. The Morgan fingerprint density at radius 3 is 2.44 bits per heavy atom. The Labute approximate surface area is 108 Å². The third-order valence-electron chi connectivity index (χ3n) is 2.14. The van der Waals surface area contributed by atoms with E-state index < -0.39 is 23.7 Å². The number of aliphatic carboxylic acids is 1. The van der Waals surface area contributed by atoms with Gasteiger partial charge in [0.15, 0.2) is 0 Å². The fraction of sp³-hybridized carbons (Fsp3) is 0.692. The van der Waals surface area contributed by atoms with Gasteiger partial charge >= 0.3 is 12.1 Å². The van der Waals surface area contributed by atoms with Gasteiger partial charge in [0.25, 0.3) is 0 Å². The molecule has 5 nitrogen and oxygen atoms in total. The van der Waals surface area contributed by atoms with Crippen LogP contribution in [0.3, 0.4) is 0 Å². The number of carboxylic acids is 1. The number of amides is 1. The molecule has 1 amide bonds. The summed E-state index contributed by atoms with van der Waals surface area (Å²) in [6.45, 7) is 8.78. The van der Waals surface area contributed by atoms with Crippen LogP contribution in [0.4, 0.5) is 4.79 Å². The van der Waals surface area contributed by atoms with Crippen LogP contribution in [0.2, 0.25) is 0 Å². The molecular formula is C13H23NO4. The monoisotopic (exact) mass is 257 g/mol. The predicted octanol–water partition coefficient (Wildman–Crippen LogP) is 2.71. The second-order valence-electron chi connectivity index (χ2n) is 5.11. The zero-order valence-electron chi connectivity index (χ0n) is 11.4. The number of carbonyl (C=O) groups excluding carboxylic acids is 1. The minimum absolute atomic E-state index is 0.391. The Hall–Kier alpha value is -1.52. The summed E-state index contributed by atoms with van der Waals surface area (Å²) in [5.74, 6) is -1.04. The minimum Gasteiger partial charge on any atom is -0.480 e. The normalized spacial score (nSPS) is 12.6. The van der Waals surface area contributed by atoms with Crippen molar-refractivity contribution in [1.82, 2.24) is 5.32 Å². The van der Waals surface area contributed by atoms with Crippen molar-refractivity contribution in [3.05, 3.63) is 12.7 Å². The molecule has 1 atom stereocenters. The van der Waals surface area contributed by atoms with E-state index in [4.69, 9.17) is 9.84 Å². The highest BCUT2D eigenvalue weighted by atomic mass is 16.6. The Kier molecular flexibility index (Phi) is 7.08. The molecule has 0 aromatic heterocycles. The summed E-state index contributed by atoms with van der Waals surface area (Å²) in [4.78, 5) is 22.4. The molecule has 0 saturated carbocycles. The fourth-order valence-corrected chi connectivity index (χ4v) is 1.34. The van der Waals surface area contributed by atoms with E-state index in [-0.39, 0.29) is 0 Å².